The molecular weight excluding hydrogens is 250 g/mol. The monoisotopic (exact) mass is 275 g/mol. The van der Waals surface area contributed by atoms with Crippen molar-refractivity contribution in [3.8, 4) is 0 Å². The lowest BCUT2D eigenvalue weighted by molar-refractivity contribution is 0.185. The SMILES string of the molecule is CC=CCc1c(CN2CCC(C)CC2)c(N)c[nH]c1=O. The van der Waals surface area contributed by atoms with Gasteiger partial charge in [0, 0.05) is 18.3 Å². The molecule has 0 unspecified atom stereocenters. The molecule has 0 bridgehead atoms. The fraction of sp³-hybridized carbons (Fsp3) is 0.562. The Morgan fingerprint density at radius 3 is 2.75 bits per heavy atom. The molecule has 20 heavy (non-hydrogen) atoms. The van der Waals surface area contributed by atoms with Gasteiger partial charge in [0.2, 0.25) is 0 Å². The van der Waals surface area contributed by atoms with Crippen LogP contribution in [0.2, 0.25) is 0 Å². The number of nitrogens with one attached hydrogen (secondary N) is 1. The highest BCUT2D eigenvalue weighted by atomic mass is 16.1. The minimum absolute atomic E-state index is 0.0160. The number of nitrogens with two attached hydrogens (primary N) is 1. The number of hydrogen-bond donors (Lipinski definition) is 2. The van der Waals surface area contributed by atoms with Crippen molar-refractivity contribution < 1.29 is 0 Å². The Morgan fingerprint density at radius 2 is 2.10 bits per heavy atom. The Morgan fingerprint density at radius 1 is 1.40 bits per heavy atom. The van der Waals surface area contributed by atoms with Crippen molar-refractivity contribution >= 4 is 5.69 Å². The highest BCUT2D eigenvalue weighted by Crippen LogP contribution is 2.21. The van der Waals surface area contributed by atoms with E-state index in [0.717, 1.165) is 36.7 Å². The summed E-state index contributed by atoms with van der Waals surface area (Å²) < 4.78 is 0. The third kappa shape index (κ3) is 3.51. The molecule has 0 amide bonds. The standard InChI is InChI=1S/C16H25N3O/c1-3-4-5-13-14(15(17)10-18-16(13)20)11-19-8-6-12(2)7-9-19/h3-4,10,12H,5-9,11,17H2,1-2H3,(H,18,20). The zero-order valence-corrected chi connectivity index (χ0v) is 12.5. The van der Waals surface area contributed by atoms with E-state index in [9.17, 15) is 4.79 Å². The number of H-pyrrole nitrogens is 1. The van der Waals surface area contributed by atoms with Gasteiger partial charge in [-0.25, -0.2) is 0 Å². The molecule has 1 fully saturated rings. The predicted molar refractivity (Wildman–Crippen MR) is 83.7 cm³/mol. The molecule has 110 valence electrons. The maximum atomic E-state index is 12.0. The molecular formula is C16H25N3O. The molecule has 0 radical (unpaired) electrons. The zero-order chi connectivity index (χ0) is 14.5. The van der Waals surface area contributed by atoms with Gasteiger partial charge >= 0.3 is 0 Å². The van der Waals surface area contributed by atoms with Crippen LogP contribution in [0.25, 0.3) is 0 Å². The van der Waals surface area contributed by atoms with Gasteiger partial charge in [0.25, 0.3) is 5.56 Å². The number of allylic oxidation sites excluding steroid dienone is 2. The fourth-order valence-corrected chi connectivity index (χ4v) is 2.71. The lowest BCUT2D eigenvalue weighted by Crippen LogP contribution is -2.33. The van der Waals surface area contributed by atoms with E-state index in [1.54, 1.807) is 6.20 Å². The number of aromatic amines is 1. The number of nitrogen functional groups attached to an aromatic ring is 1. The van der Waals surface area contributed by atoms with E-state index in [4.69, 9.17) is 5.73 Å². The van der Waals surface area contributed by atoms with Crippen LogP contribution in [0.5, 0.6) is 0 Å². The third-order valence-electron chi connectivity index (χ3n) is 4.16. The first kappa shape index (κ1) is 14.9. The summed E-state index contributed by atoms with van der Waals surface area (Å²) in [6.45, 7) is 7.24. The van der Waals surface area contributed by atoms with Gasteiger partial charge in [-0.05, 0) is 50.8 Å². The first-order valence-electron chi connectivity index (χ1n) is 7.44. The van der Waals surface area contributed by atoms with Crippen LogP contribution < -0.4 is 11.3 Å². The van der Waals surface area contributed by atoms with Crippen LogP contribution in [0, 0.1) is 5.92 Å². The first-order chi connectivity index (χ1) is 9.61. The second-order valence-electron chi connectivity index (χ2n) is 5.76. The van der Waals surface area contributed by atoms with Gasteiger partial charge < -0.3 is 10.7 Å². The van der Waals surface area contributed by atoms with Crippen molar-refractivity contribution in [2.75, 3.05) is 18.8 Å². The predicted octanol–water partition coefficient (Wildman–Crippen LogP) is 2.31. The summed E-state index contributed by atoms with van der Waals surface area (Å²) in [6.07, 6.45) is 8.71. The van der Waals surface area contributed by atoms with Gasteiger partial charge in [-0.1, -0.05) is 19.1 Å². The Hall–Kier alpha value is -1.55. The van der Waals surface area contributed by atoms with Crippen molar-refractivity contribution in [2.24, 2.45) is 5.92 Å². The molecule has 1 aromatic heterocycles. The zero-order valence-electron chi connectivity index (χ0n) is 12.5. The summed E-state index contributed by atoms with van der Waals surface area (Å²) in [5.41, 5.74) is 8.57. The average Bonchev–Trinajstić information content (AvgIpc) is 2.44. The molecule has 4 heteroatoms. The number of aromatic nitrogens is 1. The second-order valence-corrected chi connectivity index (χ2v) is 5.76. The van der Waals surface area contributed by atoms with Gasteiger partial charge in [-0.3, -0.25) is 9.69 Å². The van der Waals surface area contributed by atoms with Crippen molar-refractivity contribution in [2.45, 2.75) is 39.7 Å². The van der Waals surface area contributed by atoms with E-state index in [0.29, 0.717) is 12.1 Å². The lowest BCUT2D eigenvalue weighted by Gasteiger charge is -2.31. The summed E-state index contributed by atoms with van der Waals surface area (Å²) in [6, 6.07) is 0. The smallest absolute Gasteiger partial charge is 0.251 e. The van der Waals surface area contributed by atoms with E-state index in [2.05, 4.69) is 16.8 Å². The average molecular weight is 275 g/mol. The molecule has 0 saturated carbocycles. The van der Waals surface area contributed by atoms with Crippen LogP contribution in [0.15, 0.2) is 23.1 Å². The van der Waals surface area contributed by atoms with Crippen molar-refractivity contribution in [3.05, 3.63) is 39.8 Å². The molecule has 4 nitrogen and oxygen atoms in total. The van der Waals surface area contributed by atoms with Crippen LogP contribution in [0.3, 0.4) is 0 Å². The van der Waals surface area contributed by atoms with Crippen LogP contribution in [0.1, 0.15) is 37.8 Å². The summed E-state index contributed by atoms with van der Waals surface area (Å²) >= 11 is 0. The largest absolute Gasteiger partial charge is 0.397 e. The highest BCUT2D eigenvalue weighted by Gasteiger charge is 2.19. The van der Waals surface area contributed by atoms with Crippen LogP contribution in [0.4, 0.5) is 5.69 Å². The number of piperidine rings is 1. The van der Waals surface area contributed by atoms with Gasteiger partial charge in [0.15, 0.2) is 0 Å². The molecule has 0 aromatic carbocycles. The molecule has 1 saturated heterocycles. The number of likely N-dealkylation sites (tertiary alicyclic amines) is 1. The topological polar surface area (TPSA) is 62.1 Å². The molecule has 1 aromatic rings. The highest BCUT2D eigenvalue weighted by molar-refractivity contribution is 5.49. The molecule has 2 rings (SSSR count). The number of anilines is 1. The van der Waals surface area contributed by atoms with E-state index >= 15 is 0 Å². The van der Waals surface area contributed by atoms with E-state index in [1.165, 1.54) is 12.8 Å². The third-order valence-corrected chi connectivity index (χ3v) is 4.16. The van der Waals surface area contributed by atoms with E-state index in [1.807, 2.05) is 19.1 Å². The van der Waals surface area contributed by atoms with Crippen LogP contribution in [-0.2, 0) is 13.0 Å². The Bertz CT molecular complexity index is 525. The van der Waals surface area contributed by atoms with Gasteiger partial charge in [-0.2, -0.15) is 0 Å². The van der Waals surface area contributed by atoms with Crippen LogP contribution >= 0.6 is 0 Å². The number of hydrogen-bond acceptors (Lipinski definition) is 3. The molecule has 3 N–H and O–H groups in total. The Balaban J connectivity index is 2.21. The second kappa shape index (κ2) is 6.75. The van der Waals surface area contributed by atoms with Crippen molar-refractivity contribution in [3.63, 3.8) is 0 Å². The minimum atomic E-state index is -0.0160. The van der Waals surface area contributed by atoms with Gasteiger partial charge in [-0.15, -0.1) is 0 Å². The van der Waals surface area contributed by atoms with E-state index in [-0.39, 0.29) is 5.56 Å². The number of pyridine rings is 1. The van der Waals surface area contributed by atoms with Crippen molar-refractivity contribution in [1.82, 2.24) is 9.88 Å². The van der Waals surface area contributed by atoms with Gasteiger partial charge in [0.1, 0.15) is 0 Å². The van der Waals surface area contributed by atoms with Crippen molar-refractivity contribution in [1.29, 1.82) is 0 Å². The lowest BCUT2D eigenvalue weighted by atomic mass is 9.97. The maximum absolute atomic E-state index is 12.0. The molecule has 1 aliphatic rings. The Labute approximate surface area is 120 Å². The van der Waals surface area contributed by atoms with Crippen LogP contribution in [-0.4, -0.2) is 23.0 Å². The van der Waals surface area contributed by atoms with E-state index < -0.39 is 0 Å². The summed E-state index contributed by atoms with van der Waals surface area (Å²) in [5.74, 6) is 0.810. The number of nitrogens with zero attached hydrogens (tertiary/aromatic N) is 1. The quantitative estimate of drug-likeness (QED) is 0.829. The minimum Gasteiger partial charge on any atom is -0.397 e. The summed E-state index contributed by atoms with van der Waals surface area (Å²) in [7, 11) is 0. The van der Waals surface area contributed by atoms with Gasteiger partial charge in [0.05, 0.1) is 5.69 Å². The first-order valence-corrected chi connectivity index (χ1v) is 7.44. The fourth-order valence-electron chi connectivity index (χ4n) is 2.71. The summed E-state index contributed by atoms with van der Waals surface area (Å²) in [5, 5.41) is 0. The summed E-state index contributed by atoms with van der Waals surface area (Å²) in [4.78, 5) is 17.2. The number of rotatable bonds is 4. The molecule has 2 heterocycles. The maximum Gasteiger partial charge on any atom is 0.251 e. The molecule has 0 atom stereocenters. The molecule has 0 spiro atoms. The Kier molecular flexibility index (Phi) is 5.01. The molecule has 1 aliphatic heterocycles. The normalized spacial score (nSPS) is 17.9. The molecule has 0 aliphatic carbocycles.